The Labute approximate surface area is 157 Å². The number of amides is 1. The molecule has 26 heavy (non-hydrogen) atoms. The minimum absolute atomic E-state index is 0.131. The molecular weight excluding hydrogens is 326 g/mol. The van der Waals surface area contributed by atoms with Gasteiger partial charge in [0, 0.05) is 37.6 Å². The predicted molar refractivity (Wildman–Crippen MR) is 104 cm³/mol. The van der Waals surface area contributed by atoms with Crippen molar-refractivity contribution in [1.29, 1.82) is 0 Å². The third-order valence-corrected chi connectivity index (χ3v) is 5.61. The van der Waals surface area contributed by atoms with E-state index in [0.717, 1.165) is 25.1 Å². The number of carbonyl (C=O) groups excluding carboxylic acids is 1. The molecule has 6 nitrogen and oxygen atoms in total. The molecule has 0 aromatic carbocycles. The summed E-state index contributed by atoms with van der Waals surface area (Å²) in [7, 11) is 4.19. The van der Waals surface area contributed by atoms with E-state index in [2.05, 4.69) is 27.1 Å². The van der Waals surface area contributed by atoms with Crippen molar-refractivity contribution in [3.63, 3.8) is 0 Å². The number of pyridine rings is 1. The molecule has 1 aromatic heterocycles. The molecule has 0 saturated carbocycles. The Bertz CT molecular complexity index is 559. The second kappa shape index (κ2) is 9.44. The number of hydrogen-bond acceptors (Lipinski definition) is 5. The van der Waals surface area contributed by atoms with Crippen molar-refractivity contribution in [2.75, 3.05) is 46.8 Å². The summed E-state index contributed by atoms with van der Waals surface area (Å²) >= 11 is 0. The number of likely N-dealkylation sites (tertiary alicyclic amines) is 2. The smallest absolute Gasteiger partial charge is 0.234 e. The van der Waals surface area contributed by atoms with Crippen LogP contribution in [-0.2, 0) is 11.3 Å². The zero-order valence-corrected chi connectivity index (χ0v) is 16.2. The molecule has 1 aromatic rings. The summed E-state index contributed by atoms with van der Waals surface area (Å²) in [6, 6.07) is 4.96. The average molecular weight is 360 g/mol. The molecule has 144 valence electrons. The van der Waals surface area contributed by atoms with Crippen LogP contribution in [0, 0.1) is 0 Å². The van der Waals surface area contributed by atoms with Crippen molar-refractivity contribution >= 4 is 5.91 Å². The van der Waals surface area contributed by atoms with Crippen molar-refractivity contribution in [3.8, 4) is 0 Å². The zero-order chi connectivity index (χ0) is 18.4. The Hall–Kier alpha value is -1.50. The van der Waals surface area contributed by atoms with Crippen LogP contribution in [0.1, 0.15) is 31.2 Å². The fraction of sp³-hybridized carbons (Fsp3) is 0.700. The van der Waals surface area contributed by atoms with E-state index < -0.39 is 0 Å². The molecule has 1 atom stereocenters. The van der Waals surface area contributed by atoms with E-state index in [0.29, 0.717) is 18.6 Å². The number of hydrogen-bond donors (Lipinski definition) is 1. The van der Waals surface area contributed by atoms with Crippen molar-refractivity contribution < 1.29 is 4.79 Å². The van der Waals surface area contributed by atoms with Crippen LogP contribution < -0.4 is 5.32 Å². The Kier molecular flexibility index (Phi) is 7.00. The maximum atomic E-state index is 12.4. The molecule has 3 heterocycles. The van der Waals surface area contributed by atoms with E-state index >= 15 is 0 Å². The second-order valence-corrected chi connectivity index (χ2v) is 7.97. The lowest BCUT2D eigenvalue weighted by Crippen LogP contribution is -2.54. The molecule has 1 amide bonds. The summed E-state index contributed by atoms with van der Waals surface area (Å²) in [6.45, 7) is 5.75. The second-order valence-electron chi connectivity index (χ2n) is 7.97. The number of likely N-dealkylation sites (N-methyl/N-ethyl adjacent to an activating group) is 1. The lowest BCUT2D eigenvalue weighted by molar-refractivity contribution is -0.123. The van der Waals surface area contributed by atoms with Gasteiger partial charge in [-0.3, -0.25) is 19.6 Å². The highest BCUT2D eigenvalue weighted by atomic mass is 16.2. The summed E-state index contributed by atoms with van der Waals surface area (Å²) in [5.74, 6) is 0.131. The number of nitrogens with zero attached hydrogens (tertiary/aromatic N) is 4. The van der Waals surface area contributed by atoms with Gasteiger partial charge in [0.05, 0.1) is 6.54 Å². The topological polar surface area (TPSA) is 51.7 Å². The number of aromatic nitrogens is 1. The summed E-state index contributed by atoms with van der Waals surface area (Å²) in [5.41, 5.74) is 1.13. The van der Waals surface area contributed by atoms with Gasteiger partial charge in [-0.2, -0.15) is 0 Å². The number of nitrogens with one attached hydrogen (secondary N) is 1. The minimum Gasteiger partial charge on any atom is -0.351 e. The zero-order valence-electron chi connectivity index (χ0n) is 16.2. The van der Waals surface area contributed by atoms with Gasteiger partial charge >= 0.3 is 0 Å². The van der Waals surface area contributed by atoms with Gasteiger partial charge in [0.25, 0.3) is 0 Å². The highest BCUT2D eigenvalue weighted by molar-refractivity contribution is 5.78. The number of rotatable bonds is 6. The van der Waals surface area contributed by atoms with E-state index in [4.69, 9.17) is 0 Å². The molecule has 2 fully saturated rings. The molecule has 0 bridgehead atoms. The Morgan fingerprint density at radius 3 is 2.85 bits per heavy atom. The molecule has 2 saturated heterocycles. The van der Waals surface area contributed by atoms with Gasteiger partial charge in [0.1, 0.15) is 0 Å². The Balaban J connectivity index is 1.42. The van der Waals surface area contributed by atoms with Crippen LogP contribution in [0.5, 0.6) is 0 Å². The normalized spacial score (nSPS) is 23.3. The summed E-state index contributed by atoms with van der Waals surface area (Å²) in [4.78, 5) is 23.6. The first kappa shape index (κ1) is 19.3. The van der Waals surface area contributed by atoms with Gasteiger partial charge in [-0.1, -0.05) is 6.07 Å². The molecule has 1 N–H and O–H groups in total. The van der Waals surface area contributed by atoms with Crippen molar-refractivity contribution in [3.05, 3.63) is 30.1 Å². The maximum absolute atomic E-state index is 12.4. The van der Waals surface area contributed by atoms with E-state index in [1.54, 1.807) is 6.20 Å². The first-order valence-electron chi connectivity index (χ1n) is 9.89. The van der Waals surface area contributed by atoms with Crippen LogP contribution in [0.4, 0.5) is 0 Å². The van der Waals surface area contributed by atoms with Crippen LogP contribution in [0.25, 0.3) is 0 Å². The van der Waals surface area contributed by atoms with Crippen LogP contribution in [0.15, 0.2) is 24.5 Å². The Morgan fingerprint density at radius 1 is 1.31 bits per heavy atom. The highest BCUT2D eigenvalue weighted by Gasteiger charge is 2.28. The van der Waals surface area contributed by atoms with Crippen LogP contribution in [0.3, 0.4) is 0 Å². The molecule has 3 rings (SSSR count). The van der Waals surface area contributed by atoms with Gasteiger partial charge in [0.15, 0.2) is 0 Å². The molecule has 0 radical (unpaired) electrons. The molecular formula is C20H33N5O. The number of carbonyl (C=O) groups is 1. The number of piperidine rings is 2. The van der Waals surface area contributed by atoms with Crippen LogP contribution in [-0.4, -0.2) is 84.5 Å². The third-order valence-electron chi connectivity index (χ3n) is 5.61. The lowest BCUT2D eigenvalue weighted by atomic mass is 9.98. The van der Waals surface area contributed by atoms with Crippen molar-refractivity contribution in [2.24, 2.45) is 0 Å². The largest absolute Gasteiger partial charge is 0.351 e. The van der Waals surface area contributed by atoms with Gasteiger partial charge in [-0.25, -0.2) is 0 Å². The molecule has 0 unspecified atom stereocenters. The van der Waals surface area contributed by atoms with Crippen molar-refractivity contribution in [2.45, 2.75) is 44.3 Å². The van der Waals surface area contributed by atoms with E-state index in [1.165, 1.54) is 38.9 Å². The van der Waals surface area contributed by atoms with Crippen molar-refractivity contribution in [1.82, 2.24) is 25.0 Å². The van der Waals surface area contributed by atoms with E-state index in [9.17, 15) is 4.79 Å². The molecule has 0 spiro atoms. The highest BCUT2D eigenvalue weighted by Crippen LogP contribution is 2.20. The molecule has 2 aliphatic rings. The predicted octanol–water partition coefficient (Wildman–Crippen LogP) is 1.19. The standard InChI is InChI=1S/C20H33N5O/c1-23-11-7-19(8-12-23)25-10-4-6-18(15-25)22-20(26)16-24(2)14-17-5-3-9-21-13-17/h3,5,9,13,18-19H,4,6-8,10-12,14-16H2,1-2H3,(H,22,26)/t18-/m0/s1. The third kappa shape index (κ3) is 5.76. The van der Waals surface area contributed by atoms with Gasteiger partial charge in [0.2, 0.25) is 5.91 Å². The van der Waals surface area contributed by atoms with Gasteiger partial charge in [-0.05, 0) is 71.0 Å². The average Bonchev–Trinajstić information content (AvgIpc) is 2.63. The van der Waals surface area contributed by atoms with Crippen LogP contribution >= 0.6 is 0 Å². The Morgan fingerprint density at radius 2 is 2.12 bits per heavy atom. The first-order chi connectivity index (χ1) is 12.6. The summed E-state index contributed by atoms with van der Waals surface area (Å²) in [6.07, 6.45) is 8.42. The quantitative estimate of drug-likeness (QED) is 0.827. The summed E-state index contributed by atoms with van der Waals surface area (Å²) in [5, 5.41) is 3.27. The SMILES string of the molecule is CN1CCC(N2CCC[C@H](NC(=O)CN(C)Cc3cccnc3)C2)CC1. The monoisotopic (exact) mass is 359 g/mol. The van der Waals surface area contributed by atoms with Gasteiger partial charge in [-0.15, -0.1) is 0 Å². The van der Waals surface area contributed by atoms with E-state index in [1.807, 2.05) is 30.3 Å². The maximum Gasteiger partial charge on any atom is 0.234 e. The fourth-order valence-electron chi connectivity index (χ4n) is 4.19. The van der Waals surface area contributed by atoms with E-state index in [-0.39, 0.29) is 5.91 Å². The van der Waals surface area contributed by atoms with Gasteiger partial charge < -0.3 is 10.2 Å². The first-order valence-corrected chi connectivity index (χ1v) is 9.89. The fourth-order valence-corrected chi connectivity index (χ4v) is 4.19. The summed E-state index contributed by atoms with van der Waals surface area (Å²) < 4.78 is 0. The molecule has 2 aliphatic heterocycles. The molecule has 0 aliphatic carbocycles. The minimum atomic E-state index is 0.131. The molecule has 6 heteroatoms. The lowest BCUT2D eigenvalue weighted by Gasteiger charge is -2.41. The van der Waals surface area contributed by atoms with Crippen LogP contribution in [0.2, 0.25) is 0 Å².